The lowest BCUT2D eigenvalue weighted by Gasteiger charge is -2.23. The number of piperidine rings is 1. The van der Waals surface area contributed by atoms with Gasteiger partial charge in [0.2, 0.25) is 0 Å². The molecular formula is C19H24N2O2. The average Bonchev–Trinajstić information content (AvgIpc) is 2.60. The Bertz CT molecular complexity index is 652. The first kappa shape index (κ1) is 15.8. The van der Waals surface area contributed by atoms with Gasteiger partial charge in [0.15, 0.2) is 0 Å². The second-order valence-corrected chi connectivity index (χ2v) is 6.13. The molecule has 1 fully saturated rings. The molecule has 1 aliphatic heterocycles. The van der Waals surface area contributed by atoms with Crippen molar-refractivity contribution in [3.8, 4) is 22.8 Å². The summed E-state index contributed by atoms with van der Waals surface area (Å²) < 4.78 is 5.38. The summed E-state index contributed by atoms with van der Waals surface area (Å²) in [5.41, 5.74) is 2.80. The minimum atomic E-state index is 0.279. The molecule has 2 N–H and O–H groups in total. The normalized spacial score (nSPS) is 17.9. The summed E-state index contributed by atoms with van der Waals surface area (Å²) in [6, 6.07) is 10.0. The first-order valence-electron chi connectivity index (χ1n) is 8.32. The number of aryl methyl sites for hydroxylation is 1. The molecule has 0 spiro atoms. The molecule has 0 saturated carbocycles. The van der Waals surface area contributed by atoms with Crippen LogP contribution in [0.2, 0.25) is 0 Å². The Morgan fingerprint density at radius 2 is 2.22 bits per heavy atom. The summed E-state index contributed by atoms with van der Waals surface area (Å²) in [6.07, 6.45) is 7.64. The van der Waals surface area contributed by atoms with E-state index in [9.17, 15) is 5.11 Å². The Morgan fingerprint density at radius 1 is 1.30 bits per heavy atom. The van der Waals surface area contributed by atoms with Crippen molar-refractivity contribution >= 4 is 0 Å². The third kappa shape index (κ3) is 4.02. The summed E-state index contributed by atoms with van der Waals surface area (Å²) in [6.45, 7) is 1.13. The van der Waals surface area contributed by atoms with Gasteiger partial charge in [-0.2, -0.15) is 0 Å². The highest BCUT2D eigenvalue weighted by molar-refractivity contribution is 5.68. The number of hydrogen-bond acceptors (Lipinski definition) is 4. The SMILES string of the molecule is COc1cccnc1-c1cc(O)cc(CC[C@H]2CCCCN2)c1. The first-order chi connectivity index (χ1) is 11.3. The molecule has 2 aromatic rings. The van der Waals surface area contributed by atoms with Crippen molar-refractivity contribution in [3.63, 3.8) is 0 Å². The third-order valence-electron chi connectivity index (χ3n) is 4.44. The number of pyridine rings is 1. The van der Waals surface area contributed by atoms with E-state index in [-0.39, 0.29) is 5.75 Å². The number of rotatable bonds is 5. The number of benzene rings is 1. The predicted molar refractivity (Wildman–Crippen MR) is 91.9 cm³/mol. The molecule has 0 radical (unpaired) electrons. The van der Waals surface area contributed by atoms with Crippen LogP contribution in [0.4, 0.5) is 0 Å². The van der Waals surface area contributed by atoms with Gasteiger partial charge in [-0.3, -0.25) is 4.98 Å². The zero-order chi connectivity index (χ0) is 16.1. The zero-order valence-corrected chi connectivity index (χ0v) is 13.6. The number of phenolic OH excluding ortho intramolecular Hbond substituents is 1. The van der Waals surface area contributed by atoms with Crippen LogP contribution in [0.15, 0.2) is 36.5 Å². The van der Waals surface area contributed by atoms with Gasteiger partial charge < -0.3 is 15.2 Å². The second kappa shape index (κ2) is 7.47. The van der Waals surface area contributed by atoms with Crippen molar-refractivity contribution in [2.75, 3.05) is 13.7 Å². The third-order valence-corrected chi connectivity index (χ3v) is 4.44. The quantitative estimate of drug-likeness (QED) is 0.886. The topological polar surface area (TPSA) is 54.4 Å². The maximum Gasteiger partial charge on any atom is 0.145 e. The van der Waals surface area contributed by atoms with E-state index in [1.165, 1.54) is 19.3 Å². The molecule has 1 saturated heterocycles. The number of ether oxygens (including phenoxy) is 1. The van der Waals surface area contributed by atoms with Gasteiger partial charge >= 0.3 is 0 Å². The lowest BCUT2D eigenvalue weighted by Crippen LogP contribution is -2.34. The highest BCUT2D eigenvalue weighted by Gasteiger charge is 2.14. The molecule has 3 rings (SSSR count). The van der Waals surface area contributed by atoms with Crippen LogP contribution < -0.4 is 10.1 Å². The fourth-order valence-corrected chi connectivity index (χ4v) is 3.24. The summed E-state index contributed by atoms with van der Waals surface area (Å²) >= 11 is 0. The van der Waals surface area contributed by atoms with E-state index in [0.29, 0.717) is 6.04 Å². The fourth-order valence-electron chi connectivity index (χ4n) is 3.24. The predicted octanol–water partition coefficient (Wildman–Crippen LogP) is 3.54. The number of hydrogen-bond donors (Lipinski definition) is 2. The van der Waals surface area contributed by atoms with E-state index in [2.05, 4.69) is 16.4 Å². The van der Waals surface area contributed by atoms with Crippen LogP contribution >= 0.6 is 0 Å². The van der Waals surface area contributed by atoms with Crippen LogP contribution in [-0.2, 0) is 6.42 Å². The standard InChI is InChI=1S/C19H24N2O2/c1-23-18-6-4-10-21-19(18)15-11-14(12-17(22)13-15)7-8-16-5-2-3-9-20-16/h4,6,10-13,16,20,22H,2-3,5,7-9H2,1H3/t16-/m1/s1. The lowest BCUT2D eigenvalue weighted by molar-refractivity contribution is 0.382. The monoisotopic (exact) mass is 312 g/mol. The molecule has 4 heteroatoms. The van der Waals surface area contributed by atoms with Crippen LogP contribution in [0.1, 0.15) is 31.2 Å². The Hall–Kier alpha value is -2.07. The van der Waals surface area contributed by atoms with E-state index in [1.54, 1.807) is 19.4 Å². The highest BCUT2D eigenvalue weighted by Crippen LogP contribution is 2.31. The van der Waals surface area contributed by atoms with Gasteiger partial charge in [0.05, 0.1) is 7.11 Å². The van der Waals surface area contributed by atoms with Gasteiger partial charge in [-0.15, -0.1) is 0 Å². The number of aromatic hydroxyl groups is 1. The number of phenols is 1. The van der Waals surface area contributed by atoms with Gasteiger partial charge in [0, 0.05) is 17.8 Å². The molecule has 2 heterocycles. The highest BCUT2D eigenvalue weighted by atomic mass is 16.5. The van der Waals surface area contributed by atoms with Gasteiger partial charge in [0.25, 0.3) is 0 Å². The van der Waals surface area contributed by atoms with Crippen LogP contribution in [0.25, 0.3) is 11.3 Å². The van der Waals surface area contributed by atoms with Gasteiger partial charge in [0.1, 0.15) is 17.2 Å². The van der Waals surface area contributed by atoms with Crippen molar-refractivity contribution in [1.82, 2.24) is 10.3 Å². The number of aromatic nitrogens is 1. The number of methoxy groups -OCH3 is 1. The van der Waals surface area contributed by atoms with Gasteiger partial charge in [-0.05, 0) is 68.1 Å². The van der Waals surface area contributed by atoms with Crippen molar-refractivity contribution in [2.45, 2.75) is 38.1 Å². The molecule has 0 unspecified atom stereocenters. The minimum Gasteiger partial charge on any atom is -0.508 e. The maximum atomic E-state index is 10.1. The van der Waals surface area contributed by atoms with Crippen LogP contribution in [0.3, 0.4) is 0 Å². The molecule has 122 valence electrons. The van der Waals surface area contributed by atoms with E-state index in [0.717, 1.165) is 42.0 Å². The molecule has 1 aromatic carbocycles. The van der Waals surface area contributed by atoms with Crippen molar-refractivity contribution in [2.24, 2.45) is 0 Å². The molecule has 0 bridgehead atoms. The largest absolute Gasteiger partial charge is 0.508 e. The molecule has 1 aromatic heterocycles. The van der Waals surface area contributed by atoms with Gasteiger partial charge in [-0.1, -0.05) is 6.42 Å². The van der Waals surface area contributed by atoms with Crippen LogP contribution in [0, 0.1) is 0 Å². The van der Waals surface area contributed by atoms with Crippen molar-refractivity contribution in [1.29, 1.82) is 0 Å². The lowest BCUT2D eigenvalue weighted by atomic mass is 9.96. The second-order valence-electron chi connectivity index (χ2n) is 6.13. The molecule has 23 heavy (non-hydrogen) atoms. The molecule has 1 atom stereocenters. The minimum absolute atomic E-state index is 0.279. The number of nitrogens with zero attached hydrogens (tertiary/aromatic N) is 1. The number of nitrogens with one attached hydrogen (secondary N) is 1. The van der Waals surface area contributed by atoms with E-state index in [4.69, 9.17) is 4.74 Å². The summed E-state index contributed by atoms with van der Waals surface area (Å²) in [4.78, 5) is 4.40. The fraction of sp³-hybridized carbons (Fsp3) is 0.421. The Labute approximate surface area is 137 Å². The van der Waals surface area contributed by atoms with Crippen LogP contribution in [0.5, 0.6) is 11.5 Å². The van der Waals surface area contributed by atoms with E-state index in [1.807, 2.05) is 18.2 Å². The first-order valence-corrected chi connectivity index (χ1v) is 8.32. The molecule has 0 amide bonds. The summed E-state index contributed by atoms with van der Waals surface area (Å²) in [5, 5.41) is 13.6. The zero-order valence-electron chi connectivity index (χ0n) is 13.6. The Kier molecular flexibility index (Phi) is 5.13. The van der Waals surface area contributed by atoms with E-state index >= 15 is 0 Å². The maximum absolute atomic E-state index is 10.1. The Morgan fingerprint density at radius 3 is 3.00 bits per heavy atom. The Balaban J connectivity index is 1.78. The summed E-state index contributed by atoms with van der Waals surface area (Å²) in [5.74, 6) is 1.000. The van der Waals surface area contributed by atoms with E-state index < -0.39 is 0 Å². The van der Waals surface area contributed by atoms with Crippen molar-refractivity contribution < 1.29 is 9.84 Å². The molecule has 1 aliphatic rings. The van der Waals surface area contributed by atoms with Crippen molar-refractivity contribution in [3.05, 3.63) is 42.1 Å². The molecular weight excluding hydrogens is 288 g/mol. The van der Waals surface area contributed by atoms with Gasteiger partial charge in [-0.25, -0.2) is 0 Å². The van der Waals surface area contributed by atoms with Crippen LogP contribution in [-0.4, -0.2) is 29.8 Å². The molecule has 0 aliphatic carbocycles. The smallest absolute Gasteiger partial charge is 0.145 e. The molecule has 4 nitrogen and oxygen atoms in total. The average molecular weight is 312 g/mol. The summed E-state index contributed by atoms with van der Waals surface area (Å²) in [7, 11) is 1.64.